The predicted octanol–water partition coefficient (Wildman–Crippen LogP) is 1.46. The second-order valence-corrected chi connectivity index (χ2v) is 13.8. The first-order valence-electron chi connectivity index (χ1n) is 15.3. The average molecular weight is 831 g/mol. The minimum atomic E-state index is -5.08. The van der Waals surface area contributed by atoms with E-state index in [-0.39, 0.29) is 27.7 Å². The van der Waals surface area contributed by atoms with E-state index >= 15 is 8.78 Å². The number of amides is 1. The van der Waals surface area contributed by atoms with Crippen molar-refractivity contribution in [3.05, 3.63) is 47.2 Å². The van der Waals surface area contributed by atoms with Crippen molar-refractivity contribution in [1.29, 1.82) is 0 Å². The van der Waals surface area contributed by atoms with Gasteiger partial charge in [0.1, 0.15) is 29.7 Å². The number of thiazole rings is 1. The van der Waals surface area contributed by atoms with Gasteiger partial charge >= 0.3 is 28.5 Å². The summed E-state index contributed by atoms with van der Waals surface area (Å²) in [4.78, 5) is 55.8. The average Bonchev–Trinajstić information content (AvgIpc) is 3.66. The normalized spacial score (nSPS) is 16.1. The Kier molecular flexibility index (Phi) is 14.0. The number of hydrogen-bond acceptors (Lipinski definition) is 14. The number of ketones is 1. The highest BCUT2D eigenvalue weighted by atomic mass is 32.3. The number of Topliss-reactive ketones (excluding diaryl/α,β-unsaturated/α-hetero) is 1. The molecule has 1 aliphatic rings. The van der Waals surface area contributed by atoms with Crippen molar-refractivity contribution < 1.29 is 82.9 Å². The van der Waals surface area contributed by atoms with Crippen LogP contribution in [-0.4, -0.2) is 98.2 Å². The van der Waals surface area contributed by atoms with Gasteiger partial charge in [-0.1, -0.05) is 5.16 Å². The van der Waals surface area contributed by atoms with Crippen LogP contribution in [-0.2, 0) is 52.3 Å². The Morgan fingerprint density at radius 3 is 2.25 bits per heavy atom. The lowest BCUT2D eigenvalue weighted by atomic mass is 9.74. The van der Waals surface area contributed by atoms with Crippen LogP contribution in [0.4, 0.5) is 27.1 Å². The number of anilines is 1. The summed E-state index contributed by atoms with van der Waals surface area (Å²) in [5.41, 5.74) is 9.12. The maximum absolute atomic E-state index is 15.1. The molecular formula is C29H33F5N7O12S2+. The molecule has 4 rings (SSSR count). The van der Waals surface area contributed by atoms with Gasteiger partial charge in [-0.2, -0.15) is 31.3 Å². The number of aromatic nitrogens is 3. The largest absolute Gasteiger partial charge is 0.490 e. The number of carboxylic acids is 2. The van der Waals surface area contributed by atoms with Crippen molar-refractivity contribution in [2.24, 2.45) is 23.9 Å². The molecule has 0 spiro atoms. The number of halogens is 5. The highest BCUT2D eigenvalue weighted by Crippen LogP contribution is 2.40. The Bertz CT molecular complexity index is 2050. The second kappa shape index (κ2) is 17.4. The van der Waals surface area contributed by atoms with E-state index in [1.165, 1.54) is 25.4 Å². The van der Waals surface area contributed by atoms with Gasteiger partial charge in [0.2, 0.25) is 6.20 Å². The van der Waals surface area contributed by atoms with E-state index in [2.05, 4.69) is 14.4 Å². The maximum atomic E-state index is 15.1. The molecule has 26 heteroatoms. The van der Waals surface area contributed by atoms with Crippen LogP contribution < -0.4 is 20.9 Å². The standard InChI is InChI=1S/C27H31F2N7O10S2.C2HF3O2/c1-27(2)16(24(38)36(27)46-48(41,42)43)9-20(37)23(19-13-47-26(31)32-19)33-45-21(25(39)40)12-44-15-7-17(28)22(18(29)8-15)14-10-34(3)35(11-14)6-4-5-30;3-2(4,5)1(6)7/h7-8,10-11,13,16,21H,4-6,9,12,30H2,1-3H3,(H3-,31,32,39,40,41,42,43);(H,6,7)/p+1/b33-23-;/t16-,21+;/m1./s1. The number of oxime groups is 1. The van der Waals surface area contributed by atoms with Crippen molar-refractivity contribution in [3.8, 4) is 16.9 Å². The van der Waals surface area contributed by atoms with Gasteiger partial charge in [0, 0.05) is 23.9 Å². The molecule has 1 aromatic carbocycles. The number of benzene rings is 1. The third-order valence-electron chi connectivity index (χ3n) is 7.57. The molecule has 302 valence electrons. The topological polar surface area (TPSA) is 280 Å². The summed E-state index contributed by atoms with van der Waals surface area (Å²) in [6.45, 7) is 2.91. The smallest absolute Gasteiger partial charge is 0.489 e. The van der Waals surface area contributed by atoms with Gasteiger partial charge in [-0.05, 0) is 26.8 Å². The molecule has 0 unspecified atom stereocenters. The summed E-state index contributed by atoms with van der Waals surface area (Å²) in [7, 11) is -3.33. The summed E-state index contributed by atoms with van der Waals surface area (Å²) in [6.07, 6.45) is -3.82. The SMILES string of the molecule is C[n+]1cc(-c2c(F)cc(OC[C@H](O/N=C(\C(=O)C[C@@H]3C(=O)N(OS(=O)(=O)O)C3(C)C)c3csc(N)n3)C(=O)O)cc2F)cn1CCCN.O=C(O)C(F)(F)F. The molecule has 3 aromatic rings. The van der Waals surface area contributed by atoms with E-state index in [0.29, 0.717) is 24.6 Å². The maximum Gasteiger partial charge on any atom is 0.490 e. The Morgan fingerprint density at radius 1 is 1.18 bits per heavy atom. The van der Waals surface area contributed by atoms with Crippen molar-refractivity contribution in [3.63, 3.8) is 0 Å². The lowest BCUT2D eigenvalue weighted by molar-refractivity contribution is -0.753. The highest BCUT2D eigenvalue weighted by molar-refractivity contribution is 7.80. The molecule has 7 N–H and O–H groups in total. The van der Waals surface area contributed by atoms with E-state index in [4.69, 9.17) is 35.5 Å². The number of hydrogen-bond donors (Lipinski definition) is 5. The van der Waals surface area contributed by atoms with Gasteiger partial charge in [-0.25, -0.2) is 23.4 Å². The Labute approximate surface area is 311 Å². The fourth-order valence-electron chi connectivity index (χ4n) is 4.80. The van der Waals surface area contributed by atoms with E-state index in [1.54, 1.807) is 22.6 Å². The van der Waals surface area contributed by atoms with Crippen LogP contribution >= 0.6 is 11.3 Å². The molecule has 0 saturated carbocycles. The lowest BCUT2D eigenvalue weighted by Crippen LogP contribution is -2.68. The zero-order valence-electron chi connectivity index (χ0n) is 28.7. The fraction of sp³-hybridized carbons (Fsp3) is 0.414. The van der Waals surface area contributed by atoms with Crippen LogP contribution in [0.5, 0.6) is 5.75 Å². The molecule has 0 aliphatic carbocycles. The molecule has 19 nitrogen and oxygen atoms in total. The quantitative estimate of drug-likeness (QED) is 0.0341. The van der Waals surface area contributed by atoms with Crippen LogP contribution in [0.25, 0.3) is 11.1 Å². The van der Waals surface area contributed by atoms with Crippen molar-refractivity contribution in [1.82, 2.24) is 14.7 Å². The number of alkyl halides is 3. The highest BCUT2D eigenvalue weighted by Gasteiger charge is 2.57. The number of carbonyl (C=O) groups is 4. The first-order chi connectivity index (χ1) is 25.4. The molecule has 2 atom stereocenters. The zero-order valence-corrected chi connectivity index (χ0v) is 30.3. The third-order valence-corrected chi connectivity index (χ3v) is 8.58. The van der Waals surface area contributed by atoms with Crippen molar-refractivity contribution >= 4 is 56.2 Å². The lowest BCUT2D eigenvalue weighted by Gasteiger charge is -2.50. The molecule has 0 bridgehead atoms. The minimum absolute atomic E-state index is 0.0183. The first kappa shape index (κ1) is 44.1. The van der Waals surface area contributed by atoms with E-state index in [0.717, 1.165) is 23.5 Å². The monoisotopic (exact) mass is 830 g/mol. The Morgan fingerprint density at radius 2 is 1.78 bits per heavy atom. The Hall–Kier alpha value is -5.31. The number of aliphatic carboxylic acids is 2. The molecule has 1 amide bonds. The third kappa shape index (κ3) is 11.4. The first-order valence-corrected chi connectivity index (χ1v) is 17.5. The van der Waals surface area contributed by atoms with Crippen molar-refractivity contribution in [2.75, 3.05) is 18.9 Å². The summed E-state index contributed by atoms with van der Waals surface area (Å²) in [5.74, 6) is -9.63. The number of ether oxygens (including phenoxy) is 1. The number of nitrogens with two attached hydrogens (primary N) is 2. The van der Waals surface area contributed by atoms with E-state index in [1.807, 2.05) is 0 Å². The minimum Gasteiger partial charge on any atom is -0.489 e. The zero-order chi connectivity index (χ0) is 41.6. The van der Waals surface area contributed by atoms with Gasteiger partial charge in [0.15, 0.2) is 23.7 Å². The van der Waals surface area contributed by atoms with Gasteiger partial charge in [-0.15, -0.1) is 20.3 Å². The van der Waals surface area contributed by atoms with Gasteiger partial charge in [-0.3, -0.25) is 14.1 Å². The number of nitrogens with zero attached hydrogens (tertiary/aromatic N) is 5. The molecule has 1 saturated heterocycles. The van der Waals surface area contributed by atoms with E-state index < -0.39 is 88.1 Å². The van der Waals surface area contributed by atoms with E-state index in [9.17, 15) is 41.1 Å². The molecule has 0 radical (unpaired) electrons. The summed E-state index contributed by atoms with van der Waals surface area (Å²) in [6, 6.07) is 1.74. The fourth-order valence-corrected chi connectivity index (χ4v) is 5.80. The molecule has 1 aliphatic heterocycles. The molecule has 3 heterocycles. The number of hydroxylamine groups is 2. The van der Waals surface area contributed by atoms with Crippen LogP contribution in [0.15, 0.2) is 35.1 Å². The molecule has 55 heavy (non-hydrogen) atoms. The number of rotatable bonds is 16. The van der Waals surface area contributed by atoms with Crippen LogP contribution in [0.3, 0.4) is 0 Å². The van der Waals surface area contributed by atoms with Gasteiger partial charge in [0.25, 0.3) is 12.0 Å². The summed E-state index contributed by atoms with van der Waals surface area (Å²) >= 11 is 0.920. The molecule has 2 aromatic heterocycles. The van der Waals surface area contributed by atoms with Gasteiger partial charge in [0.05, 0.1) is 35.3 Å². The number of carbonyl (C=O) groups excluding carboxylic acids is 2. The summed E-state index contributed by atoms with van der Waals surface area (Å²) in [5, 5.41) is 22.2. The predicted molar refractivity (Wildman–Crippen MR) is 176 cm³/mol. The number of β-lactam (4-membered cyclic amide) rings is 1. The second-order valence-electron chi connectivity index (χ2n) is 11.9. The number of aryl methyl sites for hydroxylation is 2. The summed E-state index contributed by atoms with van der Waals surface area (Å²) < 4.78 is 106. The van der Waals surface area contributed by atoms with Crippen molar-refractivity contribution in [2.45, 2.75) is 51.1 Å². The molecular weight excluding hydrogens is 797 g/mol. The number of nitrogen functional groups attached to an aromatic ring is 1. The van der Waals surface area contributed by atoms with Gasteiger partial charge < -0.3 is 31.3 Å². The van der Waals surface area contributed by atoms with Crippen LogP contribution in [0.1, 0.15) is 32.4 Å². The van der Waals surface area contributed by atoms with Crippen LogP contribution in [0.2, 0.25) is 0 Å². The molecule has 1 fully saturated rings. The number of carboxylic acid groups (broad SMARTS) is 2. The van der Waals surface area contributed by atoms with Crippen LogP contribution in [0, 0.1) is 17.6 Å². The Balaban J connectivity index is 0.00000106.